The van der Waals surface area contributed by atoms with E-state index in [1.165, 1.54) is 10.4 Å². The number of aromatic amines is 1. The van der Waals surface area contributed by atoms with Gasteiger partial charge in [-0.15, -0.1) is 0 Å². The number of nitrogens with zero attached hydrogens (tertiary/aromatic N) is 1. The predicted molar refractivity (Wildman–Crippen MR) is 109 cm³/mol. The maximum absolute atomic E-state index is 12.7. The molecular weight excluding hydrogens is 374 g/mol. The van der Waals surface area contributed by atoms with Gasteiger partial charge in [-0.1, -0.05) is 24.3 Å². The third-order valence-corrected chi connectivity index (χ3v) is 7.05. The molecule has 6 nitrogen and oxygen atoms in total. The molecule has 146 valence electrons. The summed E-state index contributed by atoms with van der Waals surface area (Å²) in [6.45, 7) is 1.57. The number of rotatable bonds is 6. The molecule has 1 aliphatic heterocycles. The molecule has 1 amide bonds. The molecule has 28 heavy (non-hydrogen) atoms. The van der Waals surface area contributed by atoms with E-state index in [9.17, 15) is 13.2 Å². The number of hydrogen-bond donors (Lipinski definition) is 2. The first kappa shape index (κ1) is 18.7. The summed E-state index contributed by atoms with van der Waals surface area (Å²) in [7, 11) is -3.53. The lowest BCUT2D eigenvalue weighted by Gasteiger charge is -2.16. The van der Waals surface area contributed by atoms with E-state index in [1.807, 2.05) is 24.4 Å². The second kappa shape index (κ2) is 7.77. The van der Waals surface area contributed by atoms with Crippen LogP contribution in [0.15, 0.2) is 59.6 Å². The summed E-state index contributed by atoms with van der Waals surface area (Å²) < 4.78 is 26.9. The van der Waals surface area contributed by atoms with Gasteiger partial charge in [0.1, 0.15) is 0 Å². The number of carbonyl (C=O) groups is 1. The van der Waals surface area contributed by atoms with Crippen LogP contribution in [0.4, 0.5) is 0 Å². The highest BCUT2D eigenvalue weighted by Gasteiger charge is 2.27. The van der Waals surface area contributed by atoms with Gasteiger partial charge in [-0.3, -0.25) is 4.79 Å². The van der Waals surface area contributed by atoms with Gasteiger partial charge in [-0.2, -0.15) is 4.31 Å². The fourth-order valence-corrected chi connectivity index (χ4v) is 5.19. The summed E-state index contributed by atoms with van der Waals surface area (Å²) in [6, 6.07) is 14.3. The summed E-state index contributed by atoms with van der Waals surface area (Å²) >= 11 is 0. The van der Waals surface area contributed by atoms with E-state index in [0.29, 0.717) is 31.6 Å². The van der Waals surface area contributed by atoms with E-state index in [2.05, 4.69) is 16.4 Å². The van der Waals surface area contributed by atoms with Gasteiger partial charge in [0.15, 0.2) is 0 Å². The number of nitrogens with one attached hydrogen (secondary N) is 2. The first-order valence-electron chi connectivity index (χ1n) is 9.49. The number of fused-ring (bicyclic) bond motifs is 1. The van der Waals surface area contributed by atoms with E-state index in [-0.39, 0.29) is 10.8 Å². The summed E-state index contributed by atoms with van der Waals surface area (Å²) in [5.74, 6) is -0.265. The average molecular weight is 398 g/mol. The molecule has 1 aliphatic rings. The molecular formula is C21H23N3O3S. The molecule has 2 aromatic carbocycles. The van der Waals surface area contributed by atoms with Gasteiger partial charge in [0.05, 0.1) is 4.90 Å². The number of para-hydroxylation sites is 1. The van der Waals surface area contributed by atoms with Gasteiger partial charge >= 0.3 is 0 Å². The van der Waals surface area contributed by atoms with Crippen LogP contribution in [0.1, 0.15) is 28.8 Å². The Morgan fingerprint density at radius 2 is 1.86 bits per heavy atom. The maximum atomic E-state index is 12.7. The molecule has 0 radical (unpaired) electrons. The smallest absolute Gasteiger partial charge is 0.251 e. The number of carbonyl (C=O) groups excluding carboxylic acids is 1. The monoisotopic (exact) mass is 397 g/mol. The summed E-state index contributed by atoms with van der Waals surface area (Å²) in [5, 5.41) is 4.04. The van der Waals surface area contributed by atoms with Crippen molar-refractivity contribution < 1.29 is 13.2 Å². The Bertz CT molecular complexity index is 1100. The predicted octanol–water partition coefficient (Wildman–Crippen LogP) is 2.92. The zero-order valence-corrected chi connectivity index (χ0v) is 16.3. The van der Waals surface area contributed by atoms with Gasteiger partial charge in [0.2, 0.25) is 10.0 Å². The lowest BCUT2D eigenvalue weighted by molar-refractivity contribution is 0.0954. The largest absolute Gasteiger partial charge is 0.361 e. The lowest BCUT2D eigenvalue weighted by Crippen LogP contribution is -2.29. The number of hydrogen-bond acceptors (Lipinski definition) is 3. The van der Waals surface area contributed by atoms with Crippen molar-refractivity contribution in [3.63, 3.8) is 0 Å². The molecule has 1 fully saturated rings. The van der Waals surface area contributed by atoms with Gasteiger partial charge in [-0.05, 0) is 49.1 Å². The number of aromatic nitrogens is 1. The molecule has 0 spiro atoms. The second-order valence-electron chi connectivity index (χ2n) is 7.00. The molecule has 7 heteroatoms. The first-order valence-corrected chi connectivity index (χ1v) is 10.9. The molecule has 0 bridgehead atoms. The van der Waals surface area contributed by atoms with Crippen molar-refractivity contribution in [1.29, 1.82) is 0 Å². The van der Waals surface area contributed by atoms with Gasteiger partial charge in [0.25, 0.3) is 5.91 Å². The van der Waals surface area contributed by atoms with Crippen LogP contribution in [-0.2, 0) is 16.4 Å². The number of benzene rings is 2. The van der Waals surface area contributed by atoms with Crippen molar-refractivity contribution in [3.05, 3.63) is 65.9 Å². The van der Waals surface area contributed by atoms with Crippen molar-refractivity contribution in [2.24, 2.45) is 0 Å². The van der Waals surface area contributed by atoms with Crippen LogP contribution in [0, 0.1) is 0 Å². The molecule has 2 heterocycles. The molecule has 2 N–H and O–H groups in total. The van der Waals surface area contributed by atoms with Crippen molar-refractivity contribution >= 4 is 26.8 Å². The first-order chi connectivity index (χ1) is 13.6. The minimum Gasteiger partial charge on any atom is -0.361 e. The normalized spacial score (nSPS) is 15.1. The van der Waals surface area contributed by atoms with Crippen LogP contribution in [0.5, 0.6) is 0 Å². The minimum atomic E-state index is -3.53. The molecule has 0 aliphatic carbocycles. The van der Waals surface area contributed by atoms with Crippen LogP contribution >= 0.6 is 0 Å². The van der Waals surface area contributed by atoms with Crippen molar-refractivity contribution in [3.8, 4) is 0 Å². The number of amides is 1. The molecule has 0 unspecified atom stereocenters. The lowest BCUT2D eigenvalue weighted by atomic mass is 10.1. The fourth-order valence-electron chi connectivity index (χ4n) is 3.63. The van der Waals surface area contributed by atoms with Crippen LogP contribution in [0.25, 0.3) is 10.9 Å². The van der Waals surface area contributed by atoms with E-state index < -0.39 is 10.0 Å². The Kier molecular flexibility index (Phi) is 5.19. The van der Waals surface area contributed by atoms with Crippen molar-refractivity contribution in [1.82, 2.24) is 14.6 Å². The molecule has 0 atom stereocenters. The zero-order chi connectivity index (χ0) is 19.6. The number of H-pyrrole nitrogens is 1. The Hall–Kier alpha value is -2.64. The van der Waals surface area contributed by atoms with Crippen LogP contribution in [0.2, 0.25) is 0 Å². The maximum Gasteiger partial charge on any atom is 0.251 e. The van der Waals surface area contributed by atoms with Crippen LogP contribution in [0.3, 0.4) is 0 Å². The molecule has 1 aromatic heterocycles. The molecule has 0 saturated carbocycles. The average Bonchev–Trinajstić information content (AvgIpc) is 3.39. The third kappa shape index (κ3) is 3.68. The van der Waals surface area contributed by atoms with E-state index in [0.717, 1.165) is 29.3 Å². The highest BCUT2D eigenvalue weighted by Crippen LogP contribution is 2.22. The molecule has 4 rings (SSSR count). The summed E-state index contributed by atoms with van der Waals surface area (Å²) in [4.78, 5) is 15.9. The third-order valence-electron chi connectivity index (χ3n) is 5.15. The van der Waals surface area contributed by atoms with E-state index in [1.54, 1.807) is 18.2 Å². The van der Waals surface area contributed by atoms with Crippen molar-refractivity contribution in [2.45, 2.75) is 24.2 Å². The Morgan fingerprint density at radius 3 is 2.68 bits per heavy atom. The minimum absolute atomic E-state index is 0.179. The standard InChI is InChI=1S/C21H23N3O3S/c25-21(22-11-10-17-15-23-20-9-2-1-8-19(17)20)16-6-5-7-18(14-16)28(26,27)24-12-3-4-13-24/h1-2,5-9,14-15,23H,3-4,10-13H2,(H,22,25). The topological polar surface area (TPSA) is 82.3 Å². The van der Waals surface area contributed by atoms with E-state index >= 15 is 0 Å². The van der Waals surface area contributed by atoms with Crippen LogP contribution in [-0.4, -0.2) is 43.2 Å². The van der Waals surface area contributed by atoms with E-state index in [4.69, 9.17) is 0 Å². The summed E-state index contributed by atoms with van der Waals surface area (Å²) in [6.07, 6.45) is 4.42. The Balaban J connectivity index is 1.42. The quantitative estimate of drug-likeness (QED) is 0.671. The Morgan fingerprint density at radius 1 is 1.07 bits per heavy atom. The second-order valence-corrected chi connectivity index (χ2v) is 8.94. The van der Waals surface area contributed by atoms with Crippen LogP contribution < -0.4 is 5.32 Å². The van der Waals surface area contributed by atoms with Gasteiger partial charge < -0.3 is 10.3 Å². The van der Waals surface area contributed by atoms with Gasteiger partial charge in [-0.25, -0.2) is 8.42 Å². The zero-order valence-electron chi connectivity index (χ0n) is 15.5. The fraction of sp³-hybridized carbons (Fsp3) is 0.286. The highest BCUT2D eigenvalue weighted by atomic mass is 32.2. The highest BCUT2D eigenvalue weighted by molar-refractivity contribution is 7.89. The molecule has 3 aromatic rings. The molecule has 1 saturated heterocycles. The van der Waals surface area contributed by atoms with Gasteiger partial charge in [0, 0.05) is 42.3 Å². The SMILES string of the molecule is O=C(NCCc1c[nH]c2ccccc12)c1cccc(S(=O)(=O)N2CCCC2)c1. The van der Waals surface area contributed by atoms with Crippen molar-refractivity contribution in [2.75, 3.05) is 19.6 Å². The summed E-state index contributed by atoms with van der Waals surface area (Å²) in [5.41, 5.74) is 2.57. The number of sulfonamides is 1. The Labute approximate surface area is 164 Å².